The molecule has 0 spiro atoms. The van der Waals surface area contributed by atoms with Crippen LogP contribution in [0.15, 0.2) is 42.5 Å². The van der Waals surface area contributed by atoms with E-state index >= 15 is 0 Å². The molecule has 0 aliphatic rings. The molecular formula is C18H20FNO2. The Morgan fingerprint density at radius 1 is 1.18 bits per heavy atom. The van der Waals surface area contributed by atoms with Crippen LogP contribution in [0.4, 0.5) is 10.1 Å². The molecule has 1 atom stereocenters. The second-order valence-corrected chi connectivity index (χ2v) is 5.57. The molecule has 0 heterocycles. The maximum Gasteiger partial charge on any atom is 0.229 e. The van der Waals surface area contributed by atoms with Gasteiger partial charge in [0, 0.05) is 12.7 Å². The van der Waals surface area contributed by atoms with Gasteiger partial charge in [-0.1, -0.05) is 18.2 Å². The SMILES string of the molecule is Cc1cc(C)cc(N(C)C(=O)CC(O)c2cccc(F)c2)c1. The molecule has 0 saturated carbocycles. The third-order valence-corrected chi connectivity index (χ3v) is 3.57. The number of halogens is 1. The number of hydrogen-bond donors (Lipinski definition) is 1. The molecule has 4 heteroatoms. The van der Waals surface area contributed by atoms with Crippen LogP contribution in [-0.4, -0.2) is 18.1 Å². The van der Waals surface area contributed by atoms with E-state index in [0.717, 1.165) is 16.8 Å². The van der Waals surface area contributed by atoms with Crippen molar-refractivity contribution in [2.24, 2.45) is 0 Å². The summed E-state index contributed by atoms with van der Waals surface area (Å²) in [6, 6.07) is 11.5. The number of aliphatic hydroxyl groups is 1. The lowest BCUT2D eigenvalue weighted by atomic mass is 10.1. The summed E-state index contributed by atoms with van der Waals surface area (Å²) in [5.41, 5.74) is 3.33. The first-order chi connectivity index (χ1) is 10.4. The van der Waals surface area contributed by atoms with Crippen molar-refractivity contribution in [1.82, 2.24) is 0 Å². The Labute approximate surface area is 130 Å². The number of carbonyl (C=O) groups is 1. The summed E-state index contributed by atoms with van der Waals surface area (Å²) in [7, 11) is 1.68. The van der Waals surface area contributed by atoms with Gasteiger partial charge in [0.15, 0.2) is 0 Å². The lowest BCUT2D eigenvalue weighted by Crippen LogP contribution is -2.27. The molecule has 0 aliphatic heterocycles. The Morgan fingerprint density at radius 3 is 2.41 bits per heavy atom. The summed E-state index contributed by atoms with van der Waals surface area (Å²) in [4.78, 5) is 13.8. The van der Waals surface area contributed by atoms with E-state index in [-0.39, 0.29) is 12.3 Å². The zero-order valence-electron chi connectivity index (χ0n) is 13.0. The summed E-state index contributed by atoms with van der Waals surface area (Å²) < 4.78 is 13.2. The summed E-state index contributed by atoms with van der Waals surface area (Å²) in [5.74, 6) is -0.645. The predicted molar refractivity (Wildman–Crippen MR) is 85.3 cm³/mol. The molecule has 1 amide bonds. The van der Waals surface area contributed by atoms with Crippen LogP contribution in [0, 0.1) is 19.7 Å². The minimum atomic E-state index is -1.02. The average molecular weight is 301 g/mol. The Hall–Kier alpha value is -2.20. The molecule has 0 aromatic heterocycles. The van der Waals surface area contributed by atoms with Crippen LogP contribution in [0.3, 0.4) is 0 Å². The number of aryl methyl sites for hydroxylation is 2. The lowest BCUT2D eigenvalue weighted by Gasteiger charge is -2.20. The largest absolute Gasteiger partial charge is 0.388 e. The van der Waals surface area contributed by atoms with Crippen molar-refractivity contribution in [1.29, 1.82) is 0 Å². The topological polar surface area (TPSA) is 40.5 Å². The Kier molecular flexibility index (Phi) is 4.93. The monoisotopic (exact) mass is 301 g/mol. The zero-order valence-corrected chi connectivity index (χ0v) is 13.0. The van der Waals surface area contributed by atoms with E-state index in [1.165, 1.54) is 23.1 Å². The fourth-order valence-corrected chi connectivity index (χ4v) is 2.42. The molecule has 0 saturated heterocycles. The third-order valence-electron chi connectivity index (χ3n) is 3.57. The van der Waals surface area contributed by atoms with Gasteiger partial charge in [-0.15, -0.1) is 0 Å². The molecule has 0 radical (unpaired) electrons. The van der Waals surface area contributed by atoms with E-state index < -0.39 is 11.9 Å². The highest BCUT2D eigenvalue weighted by Gasteiger charge is 2.18. The molecule has 0 bridgehead atoms. The van der Waals surface area contributed by atoms with E-state index in [9.17, 15) is 14.3 Å². The lowest BCUT2D eigenvalue weighted by molar-refractivity contribution is -0.120. The highest BCUT2D eigenvalue weighted by molar-refractivity contribution is 5.93. The van der Waals surface area contributed by atoms with Gasteiger partial charge in [-0.05, 0) is 54.8 Å². The number of hydrogen-bond acceptors (Lipinski definition) is 2. The van der Waals surface area contributed by atoms with Crippen LogP contribution in [0.5, 0.6) is 0 Å². The second kappa shape index (κ2) is 6.71. The molecule has 22 heavy (non-hydrogen) atoms. The first kappa shape index (κ1) is 16.2. The number of aliphatic hydroxyl groups excluding tert-OH is 1. The number of benzene rings is 2. The van der Waals surface area contributed by atoms with Crippen LogP contribution in [0.25, 0.3) is 0 Å². The fourth-order valence-electron chi connectivity index (χ4n) is 2.42. The normalized spacial score (nSPS) is 12.0. The quantitative estimate of drug-likeness (QED) is 0.938. The third kappa shape index (κ3) is 3.92. The van der Waals surface area contributed by atoms with Gasteiger partial charge in [0.25, 0.3) is 0 Å². The van der Waals surface area contributed by atoms with E-state index in [0.29, 0.717) is 5.56 Å². The van der Waals surface area contributed by atoms with Gasteiger partial charge in [-0.3, -0.25) is 4.79 Å². The molecule has 116 valence electrons. The van der Waals surface area contributed by atoms with Crippen LogP contribution < -0.4 is 4.90 Å². The van der Waals surface area contributed by atoms with Crippen molar-refractivity contribution in [3.8, 4) is 0 Å². The number of nitrogens with zero attached hydrogens (tertiary/aromatic N) is 1. The predicted octanol–water partition coefficient (Wildman–Crippen LogP) is 3.53. The van der Waals surface area contributed by atoms with Crippen molar-refractivity contribution < 1.29 is 14.3 Å². The summed E-state index contributed by atoms with van der Waals surface area (Å²) in [6.45, 7) is 3.94. The Morgan fingerprint density at radius 2 is 1.82 bits per heavy atom. The maximum atomic E-state index is 13.2. The highest BCUT2D eigenvalue weighted by Crippen LogP contribution is 2.22. The molecule has 2 aromatic carbocycles. The van der Waals surface area contributed by atoms with Crippen LogP contribution in [-0.2, 0) is 4.79 Å². The second-order valence-electron chi connectivity index (χ2n) is 5.57. The van der Waals surface area contributed by atoms with Crippen molar-refractivity contribution >= 4 is 11.6 Å². The number of carbonyl (C=O) groups excluding carboxylic acids is 1. The summed E-state index contributed by atoms with van der Waals surface area (Å²) in [6.07, 6.45) is -1.11. The number of rotatable bonds is 4. The first-order valence-corrected chi connectivity index (χ1v) is 7.15. The van der Waals surface area contributed by atoms with E-state index in [4.69, 9.17) is 0 Å². The van der Waals surface area contributed by atoms with Gasteiger partial charge < -0.3 is 10.0 Å². The summed E-state index contributed by atoms with van der Waals surface area (Å²) in [5, 5.41) is 10.1. The molecule has 3 nitrogen and oxygen atoms in total. The van der Waals surface area contributed by atoms with Gasteiger partial charge in [0.05, 0.1) is 12.5 Å². The molecule has 1 N–H and O–H groups in total. The summed E-state index contributed by atoms with van der Waals surface area (Å²) >= 11 is 0. The molecule has 2 rings (SSSR count). The van der Waals surface area contributed by atoms with Crippen LogP contribution in [0.2, 0.25) is 0 Å². The standard InChI is InChI=1S/C18H20FNO2/c1-12-7-13(2)9-16(8-12)20(3)18(22)11-17(21)14-5-4-6-15(19)10-14/h4-10,17,21H,11H2,1-3H3. The highest BCUT2D eigenvalue weighted by atomic mass is 19.1. The first-order valence-electron chi connectivity index (χ1n) is 7.15. The smallest absolute Gasteiger partial charge is 0.229 e. The minimum absolute atomic E-state index is 0.0903. The molecule has 2 aromatic rings. The van der Waals surface area contributed by atoms with Crippen molar-refractivity contribution in [3.63, 3.8) is 0 Å². The fraction of sp³-hybridized carbons (Fsp3) is 0.278. The van der Waals surface area contributed by atoms with Gasteiger partial charge in [0.1, 0.15) is 5.82 Å². The van der Waals surface area contributed by atoms with Crippen LogP contribution in [0.1, 0.15) is 29.2 Å². The van der Waals surface area contributed by atoms with Crippen molar-refractivity contribution in [2.45, 2.75) is 26.4 Å². The van der Waals surface area contributed by atoms with E-state index in [2.05, 4.69) is 0 Å². The van der Waals surface area contributed by atoms with Gasteiger partial charge in [-0.25, -0.2) is 4.39 Å². The minimum Gasteiger partial charge on any atom is -0.388 e. The van der Waals surface area contributed by atoms with Gasteiger partial charge in [0.2, 0.25) is 5.91 Å². The van der Waals surface area contributed by atoms with Gasteiger partial charge in [-0.2, -0.15) is 0 Å². The average Bonchev–Trinajstić information content (AvgIpc) is 2.45. The van der Waals surface area contributed by atoms with E-state index in [1.54, 1.807) is 13.1 Å². The molecule has 0 fully saturated rings. The maximum absolute atomic E-state index is 13.2. The zero-order chi connectivity index (χ0) is 16.3. The molecular weight excluding hydrogens is 281 g/mol. The number of amides is 1. The van der Waals surface area contributed by atoms with E-state index in [1.807, 2.05) is 32.0 Å². The Bertz CT molecular complexity index is 664. The van der Waals surface area contributed by atoms with Crippen LogP contribution >= 0.6 is 0 Å². The number of anilines is 1. The van der Waals surface area contributed by atoms with Gasteiger partial charge >= 0.3 is 0 Å². The Balaban J connectivity index is 2.11. The molecule has 0 aliphatic carbocycles. The molecule has 1 unspecified atom stereocenters. The van der Waals surface area contributed by atoms with Crippen molar-refractivity contribution in [3.05, 3.63) is 65.0 Å². The van der Waals surface area contributed by atoms with Crippen molar-refractivity contribution in [2.75, 3.05) is 11.9 Å².